The van der Waals surface area contributed by atoms with Crippen molar-refractivity contribution in [3.63, 3.8) is 0 Å². The maximum Gasteiger partial charge on any atom is 0.269 e. The molecule has 1 amide bonds. The average molecular weight is 326 g/mol. The van der Waals surface area contributed by atoms with Crippen LogP contribution in [-0.2, 0) is 7.05 Å². The lowest BCUT2D eigenvalue weighted by atomic mass is 9.94. The summed E-state index contributed by atoms with van der Waals surface area (Å²) in [5, 5.41) is 3.02. The Balaban J connectivity index is 1.49. The number of nitrogens with zero attached hydrogens (tertiary/aromatic N) is 3. The van der Waals surface area contributed by atoms with Gasteiger partial charge in [0, 0.05) is 26.7 Å². The number of aryl methyl sites for hydroxylation is 3. The van der Waals surface area contributed by atoms with Crippen molar-refractivity contribution in [2.75, 3.05) is 26.2 Å². The number of hydrogen-bond acceptors (Lipinski definition) is 3. The fraction of sp³-hybridized carbons (Fsp3) is 0.474. The minimum absolute atomic E-state index is 0.0397. The Morgan fingerprint density at radius 1 is 1.33 bits per heavy atom. The van der Waals surface area contributed by atoms with Gasteiger partial charge in [0.2, 0.25) is 0 Å². The highest BCUT2D eigenvalue weighted by atomic mass is 16.2. The first-order valence-electron chi connectivity index (χ1n) is 8.60. The first-order valence-corrected chi connectivity index (χ1v) is 8.60. The van der Waals surface area contributed by atoms with Crippen LogP contribution in [-0.4, -0.2) is 46.5 Å². The van der Waals surface area contributed by atoms with Gasteiger partial charge >= 0.3 is 0 Å². The Kier molecular flexibility index (Phi) is 5.00. The summed E-state index contributed by atoms with van der Waals surface area (Å²) in [6.45, 7) is 7.79. The Labute approximate surface area is 143 Å². The van der Waals surface area contributed by atoms with Crippen LogP contribution in [0.4, 0.5) is 0 Å². The molecule has 0 radical (unpaired) electrons. The Morgan fingerprint density at radius 2 is 2.12 bits per heavy atom. The fourth-order valence-electron chi connectivity index (χ4n) is 3.62. The Morgan fingerprint density at radius 3 is 2.83 bits per heavy atom. The molecule has 2 heterocycles. The summed E-state index contributed by atoms with van der Waals surface area (Å²) in [5.74, 6) is 0.573. The third-order valence-corrected chi connectivity index (χ3v) is 4.95. The Bertz CT molecular complexity index is 702. The van der Waals surface area contributed by atoms with Crippen LogP contribution in [0.15, 0.2) is 30.6 Å². The molecule has 1 saturated heterocycles. The van der Waals surface area contributed by atoms with Crippen molar-refractivity contribution in [1.29, 1.82) is 0 Å². The van der Waals surface area contributed by atoms with Crippen LogP contribution in [0.3, 0.4) is 0 Å². The lowest BCUT2D eigenvalue weighted by molar-refractivity contribution is 0.0941. The summed E-state index contributed by atoms with van der Waals surface area (Å²) < 4.78 is 1.77. The van der Waals surface area contributed by atoms with Crippen LogP contribution in [0.5, 0.6) is 0 Å². The molecule has 1 N–H and O–H groups in total. The number of carbonyl (C=O) groups excluding carboxylic acids is 1. The molecule has 3 rings (SSSR count). The van der Waals surface area contributed by atoms with E-state index in [9.17, 15) is 4.79 Å². The molecule has 1 aliphatic heterocycles. The van der Waals surface area contributed by atoms with E-state index in [-0.39, 0.29) is 5.91 Å². The van der Waals surface area contributed by atoms with E-state index in [1.807, 2.05) is 14.0 Å². The van der Waals surface area contributed by atoms with Crippen LogP contribution >= 0.6 is 0 Å². The maximum absolute atomic E-state index is 12.3. The highest BCUT2D eigenvalue weighted by Crippen LogP contribution is 2.28. The van der Waals surface area contributed by atoms with Gasteiger partial charge < -0.3 is 14.8 Å². The minimum atomic E-state index is -0.0397. The number of aromatic nitrogens is 2. The molecule has 1 aromatic heterocycles. The van der Waals surface area contributed by atoms with Crippen molar-refractivity contribution < 1.29 is 4.79 Å². The van der Waals surface area contributed by atoms with E-state index in [0.29, 0.717) is 18.2 Å². The second-order valence-electron chi connectivity index (χ2n) is 6.69. The monoisotopic (exact) mass is 326 g/mol. The van der Waals surface area contributed by atoms with Gasteiger partial charge in [0.15, 0.2) is 0 Å². The van der Waals surface area contributed by atoms with E-state index in [0.717, 1.165) is 25.3 Å². The summed E-state index contributed by atoms with van der Waals surface area (Å²) in [6, 6.07) is 8.66. The topological polar surface area (TPSA) is 50.2 Å². The molecular formula is C19H26N4O. The zero-order valence-corrected chi connectivity index (χ0v) is 14.7. The molecule has 1 fully saturated rings. The van der Waals surface area contributed by atoms with Gasteiger partial charge in [-0.05, 0) is 43.9 Å². The average Bonchev–Trinajstić information content (AvgIpc) is 3.15. The number of benzene rings is 1. The quantitative estimate of drug-likeness (QED) is 0.917. The predicted octanol–water partition coefficient (Wildman–Crippen LogP) is 2.26. The first-order chi connectivity index (χ1) is 11.6. The predicted molar refractivity (Wildman–Crippen MR) is 95.3 cm³/mol. The molecule has 5 nitrogen and oxygen atoms in total. The van der Waals surface area contributed by atoms with Crippen molar-refractivity contribution in [3.05, 3.63) is 53.1 Å². The normalized spacial score (nSPS) is 18.0. The van der Waals surface area contributed by atoms with Gasteiger partial charge in [-0.3, -0.25) is 4.79 Å². The molecule has 2 aromatic rings. The summed E-state index contributed by atoms with van der Waals surface area (Å²) in [6.07, 6.45) is 2.87. The van der Waals surface area contributed by atoms with Gasteiger partial charge in [0.25, 0.3) is 5.91 Å². The van der Waals surface area contributed by atoms with Crippen LogP contribution in [0.25, 0.3) is 0 Å². The van der Waals surface area contributed by atoms with Crippen molar-refractivity contribution >= 4 is 5.91 Å². The van der Waals surface area contributed by atoms with E-state index >= 15 is 0 Å². The third kappa shape index (κ3) is 3.51. The SMILES string of the molecule is Cc1ccccc1C1CCN(CCNC(=O)c2c(C)ncn2C)C1. The zero-order chi connectivity index (χ0) is 17.1. The van der Waals surface area contributed by atoms with Gasteiger partial charge in [-0.15, -0.1) is 0 Å². The number of hydrogen-bond donors (Lipinski definition) is 1. The number of likely N-dealkylation sites (tertiary alicyclic amines) is 1. The fourth-order valence-corrected chi connectivity index (χ4v) is 3.62. The third-order valence-electron chi connectivity index (χ3n) is 4.95. The summed E-state index contributed by atoms with van der Waals surface area (Å²) in [7, 11) is 1.85. The molecule has 0 aliphatic carbocycles. The Hall–Kier alpha value is -2.14. The molecule has 1 aromatic carbocycles. The van der Waals surface area contributed by atoms with Gasteiger partial charge in [-0.1, -0.05) is 24.3 Å². The number of nitrogens with one attached hydrogen (secondary N) is 1. The van der Waals surface area contributed by atoms with Gasteiger partial charge in [0.1, 0.15) is 5.69 Å². The second-order valence-corrected chi connectivity index (χ2v) is 6.69. The first kappa shape index (κ1) is 16.7. The summed E-state index contributed by atoms with van der Waals surface area (Å²) in [4.78, 5) is 18.9. The summed E-state index contributed by atoms with van der Waals surface area (Å²) >= 11 is 0. The van der Waals surface area contributed by atoms with E-state index in [1.165, 1.54) is 17.5 Å². The second kappa shape index (κ2) is 7.18. The molecule has 0 spiro atoms. The number of imidazole rings is 1. The lowest BCUT2D eigenvalue weighted by Gasteiger charge is -2.17. The molecule has 24 heavy (non-hydrogen) atoms. The van der Waals surface area contributed by atoms with Gasteiger partial charge in [-0.2, -0.15) is 0 Å². The number of amides is 1. The molecule has 5 heteroatoms. The van der Waals surface area contributed by atoms with Crippen LogP contribution in [0.1, 0.15) is 39.6 Å². The van der Waals surface area contributed by atoms with Crippen molar-refractivity contribution in [2.24, 2.45) is 7.05 Å². The smallest absolute Gasteiger partial charge is 0.269 e. The zero-order valence-electron chi connectivity index (χ0n) is 14.7. The molecule has 0 saturated carbocycles. The van der Waals surface area contributed by atoms with Crippen molar-refractivity contribution in [2.45, 2.75) is 26.2 Å². The highest BCUT2D eigenvalue weighted by molar-refractivity contribution is 5.93. The molecule has 1 atom stereocenters. The number of carbonyl (C=O) groups is 1. The van der Waals surface area contributed by atoms with E-state index < -0.39 is 0 Å². The molecular weight excluding hydrogens is 300 g/mol. The van der Waals surface area contributed by atoms with Gasteiger partial charge in [0.05, 0.1) is 12.0 Å². The largest absolute Gasteiger partial charge is 0.349 e. The minimum Gasteiger partial charge on any atom is -0.349 e. The maximum atomic E-state index is 12.3. The van der Waals surface area contributed by atoms with Gasteiger partial charge in [-0.25, -0.2) is 4.98 Å². The molecule has 1 aliphatic rings. The highest BCUT2D eigenvalue weighted by Gasteiger charge is 2.24. The summed E-state index contributed by atoms with van der Waals surface area (Å²) in [5.41, 5.74) is 4.27. The van der Waals surface area contributed by atoms with Crippen molar-refractivity contribution in [1.82, 2.24) is 19.8 Å². The van der Waals surface area contributed by atoms with E-state index in [4.69, 9.17) is 0 Å². The number of rotatable bonds is 5. The van der Waals surface area contributed by atoms with Crippen LogP contribution in [0.2, 0.25) is 0 Å². The molecule has 0 bridgehead atoms. The van der Waals surface area contributed by atoms with Crippen LogP contribution < -0.4 is 5.32 Å². The molecule has 128 valence electrons. The van der Waals surface area contributed by atoms with Crippen molar-refractivity contribution in [3.8, 4) is 0 Å². The van der Waals surface area contributed by atoms with E-state index in [2.05, 4.69) is 46.4 Å². The van der Waals surface area contributed by atoms with E-state index in [1.54, 1.807) is 10.9 Å². The molecule has 1 unspecified atom stereocenters. The lowest BCUT2D eigenvalue weighted by Crippen LogP contribution is -2.34. The van der Waals surface area contributed by atoms with Crippen LogP contribution in [0, 0.1) is 13.8 Å². The standard InChI is InChI=1S/C19H26N4O/c1-14-6-4-5-7-17(14)16-8-10-23(12-16)11-9-20-19(24)18-15(2)21-13-22(18)3/h4-7,13,16H,8-12H2,1-3H3,(H,20,24).